The molecule has 0 atom stereocenters. The van der Waals surface area contributed by atoms with Crippen LogP contribution in [-0.2, 0) is 25.8 Å². The van der Waals surface area contributed by atoms with Gasteiger partial charge in [-0.1, -0.05) is 95.5 Å². The highest BCUT2D eigenvalue weighted by atomic mass is 15.1. The van der Waals surface area contributed by atoms with Crippen molar-refractivity contribution in [2.45, 2.75) is 104 Å². The van der Waals surface area contributed by atoms with E-state index in [4.69, 9.17) is 4.98 Å². The molecule has 0 bridgehead atoms. The van der Waals surface area contributed by atoms with Gasteiger partial charge in [-0.15, -0.1) is 0 Å². The van der Waals surface area contributed by atoms with E-state index >= 15 is 0 Å². The molecule has 0 fully saturated rings. The Bertz CT molecular complexity index is 600. The Hall–Kier alpha value is -1.57. The fourth-order valence-corrected chi connectivity index (χ4v) is 3.82. The minimum Gasteiger partial charge on any atom is -0.335 e. The number of hydrogen-bond donors (Lipinski definition) is 0. The molecule has 150 valence electrons. The average molecular weight is 369 g/mol. The Balaban J connectivity index is 1.63. The lowest BCUT2D eigenvalue weighted by molar-refractivity contribution is 0.532. The molecule has 0 saturated heterocycles. The molecule has 27 heavy (non-hydrogen) atoms. The molecule has 2 nitrogen and oxygen atoms in total. The van der Waals surface area contributed by atoms with E-state index < -0.39 is 0 Å². The molecular weight excluding hydrogens is 328 g/mol. The summed E-state index contributed by atoms with van der Waals surface area (Å²) in [5.74, 6) is 1.27. The number of aryl methyl sites for hydroxylation is 4. The highest BCUT2D eigenvalue weighted by Gasteiger charge is 2.06. The summed E-state index contributed by atoms with van der Waals surface area (Å²) >= 11 is 0. The van der Waals surface area contributed by atoms with Crippen LogP contribution in [0.2, 0.25) is 0 Å². The summed E-state index contributed by atoms with van der Waals surface area (Å²) in [7, 11) is 0. The molecule has 0 aliphatic heterocycles. The monoisotopic (exact) mass is 368 g/mol. The van der Waals surface area contributed by atoms with Gasteiger partial charge in [-0.25, -0.2) is 4.98 Å². The maximum Gasteiger partial charge on any atom is 0.108 e. The van der Waals surface area contributed by atoms with Gasteiger partial charge in [0.2, 0.25) is 0 Å². The Kier molecular flexibility index (Phi) is 10.9. The lowest BCUT2D eigenvalue weighted by atomic mass is 10.1. The maximum absolute atomic E-state index is 4.88. The molecule has 1 heterocycles. The second-order valence-corrected chi connectivity index (χ2v) is 7.86. The van der Waals surface area contributed by atoms with Crippen LogP contribution < -0.4 is 0 Å². The van der Waals surface area contributed by atoms with E-state index in [1.54, 1.807) is 0 Å². The van der Waals surface area contributed by atoms with E-state index in [9.17, 15) is 0 Å². The van der Waals surface area contributed by atoms with Crippen molar-refractivity contribution in [3.8, 4) is 0 Å². The third-order valence-corrected chi connectivity index (χ3v) is 5.47. The fraction of sp³-hybridized carbons (Fsp3) is 0.640. The lowest BCUT2D eigenvalue weighted by Gasteiger charge is -2.06. The third kappa shape index (κ3) is 8.77. The van der Waals surface area contributed by atoms with Crippen LogP contribution in [0.4, 0.5) is 0 Å². The fourth-order valence-electron chi connectivity index (χ4n) is 3.82. The Labute approximate surface area is 167 Å². The van der Waals surface area contributed by atoms with Gasteiger partial charge >= 0.3 is 0 Å². The molecule has 1 aromatic heterocycles. The molecule has 1 aromatic carbocycles. The first-order valence-electron chi connectivity index (χ1n) is 11.4. The highest BCUT2D eigenvalue weighted by Crippen LogP contribution is 2.13. The van der Waals surface area contributed by atoms with Crippen LogP contribution in [0.5, 0.6) is 0 Å². The number of unbranched alkanes of at least 4 members (excludes halogenated alkanes) is 8. The van der Waals surface area contributed by atoms with E-state index in [2.05, 4.69) is 54.9 Å². The predicted octanol–water partition coefficient (Wildman–Crippen LogP) is 7.15. The molecule has 0 radical (unpaired) electrons. The standard InChI is InChI=1S/C25H40N2/c1-3-5-6-7-8-9-10-11-15-21-27-22-24(26-25(27)4-2)20-16-19-23-17-13-12-14-18-23/h12-14,17-18,22H,3-11,15-16,19-21H2,1-2H3. The third-order valence-electron chi connectivity index (χ3n) is 5.47. The molecular formula is C25H40N2. The number of rotatable bonds is 15. The molecule has 2 rings (SSSR count). The average Bonchev–Trinajstić information content (AvgIpc) is 3.09. The van der Waals surface area contributed by atoms with Gasteiger partial charge in [-0.05, 0) is 31.2 Å². The van der Waals surface area contributed by atoms with E-state index in [0.29, 0.717) is 0 Å². The SMILES string of the molecule is CCCCCCCCCCCn1cc(CCCc2ccccc2)nc1CC. The van der Waals surface area contributed by atoms with E-state index in [-0.39, 0.29) is 0 Å². The minimum atomic E-state index is 1.04. The van der Waals surface area contributed by atoms with Crippen molar-refractivity contribution >= 4 is 0 Å². The van der Waals surface area contributed by atoms with Gasteiger partial charge in [0, 0.05) is 19.2 Å². The van der Waals surface area contributed by atoms with Crippen molar-refractivity contribution in [1.29, 1.82) is 0 Å². The summed E-state index contributed by atoms with van der Waals surface area (Å²) in [6, 6.07) is 10.8. The van der Waals surface area contributed by atoms with Crippen molar-refractivity contribution in [2.24, 2.45) is 0 Å². The summed E-state index contributed by atoms with van der Waals surface area (Å²) in [5.41, 5.74) is 2.71. The van der Waals surface area contributed by atoms with Crippen LogP contribution >= 0.6 is 0 Å². The normalized spacial score (nSPS) is 11.2. The Morgan fingerprint density at radius 2 is 1.41 bits per heavy atom. The summed E-state index contributed by atoms with van der Waals surface area (Å²) in [6.07, 6.45) is 19.3. The van der Waals surface area contributed by atoms with Crippen LogP contribution in [0, 0.1) is 0 Å². The topological polar surface area (TPSA) is 17.8 Å². The quantitative estimate of drug-likeness (QED) is 0.305. The zero-order valence-electron chi connectivity index (χ0n) is 17.8. The number of nitrogens with zero attached hydrogens (tertiary/aromatic N) is 2. The molecule has 0 amide bonds. The summed E-state index contributed by atoms with van der Waals surface area (Å²) in [5, 5.41) is 0. The second kappa shape index (κ2) is 13.6. The van der Waals surface area contributed by atoms with Gasteiger partial charge < -0.3 is 4.57 Å². The van der Waals surface area contributed by atoms with Crippen LogP contribution in [0.3, 0.4) is 0 Å². The van der Waals surface area contributed by atoms with Gasteiger partial charge in [-0.2, -0.15) is 0 Å². The molecule has 0 saturated carbocycles. The molecule has 0 aliphatic rings. The van der Waals surface area contributed by atoms with Crippen LogP contribution in [0.15, 0.2) is 36.5 Å². The molecule has 2 heteroatoms. The molecule has 0 N–H and O–H groups in total. The van der Waals surface area contributed by atoms with Crippen molar-refractivity contribution in [1.82, 2.24) is 9.55 Å². The number of benzene rings is 1. The van der Waals surface area contributed by atoms with Crippen LogP contribution in [0.25, 0.3) is 0 Å². The van der Waals surface area contributed by atoms with Crippen molar-refractivity contribution < 1.29 is 0 Å². The van der Waals surface area contributed by atoms with Gasteiger partial charge in [0.15, 0.2) is 0 Å². The van der Waals surface area contributed by atoms with Gasteiger partial charge in [0.25, 0.3) is 0 Å². The highest BCUT2D eigenvalue weighted by molar-refractivity contribution is 5.15. The number of imidazole rings is 1. The smallest absolute Gasteiger partial charge is 0.108 e. The molecule has 0 spiro atoms. The van der Waals surface area contributed by atoms with Gasteiger partial charge in [0.1, 0.15) is 5.82 Å². The van der Waals surface area contributed by atoms with Crippen molar-refractivity contribution in [3.63, 3.8) is 0 Å². The number of aromatic nitrogens is 2. The Morgan fingerprint density at radius 3 is 2.07 bits per heavy atom. The van der Waals surface area contributed by atoms with E-state index in [1.807, 2.05) is 0 Å². The van der Waals surface area contributed by atoms with Gasteiger partial charge in [0.05, 0.1) is 5.69 Å². The first-order chi connectivity index (χ1) is 13.3. The lowest BCUT2D eigenvalue weighted by Crippen LogP contribution is -2.01. The predicted molar refractivity (Wildman–Crippen MR) is 117 cm³/mol. The van der Waals surface area contributed by atoms with Gasteiger partial charge in [-0.3, -0.25) is 0 Å². The van der Waals surface area contributed by atoms with E-state index in [1.165, 1.54) is 81.3 Å². The number of hydrogen-bond acceptors (Lipinski definition) is 1. The summed E-state index contributed by atoms with van der Waals surface area (Å²) in [6.45, 7) is 5.66. The summed E-state index contributed by atoms with van der Waals surface area (Å²) < 4.78 is 2.42. The summed E-state index contributed by atoms with van der Waals surface area (Å²) in [4.78, 5) is 4.88. The molecule has 0 unspecified atom stereocenters. The first-order valence-corrected chi connectivity index (χ1v) is 11.4. The first kappa shape index (κ1) is 21.7. The van der Waals surface area contributed by atoms with Crippen molar-refractivity contribution in [2.75, 3.05) is 0 Å². The van der Waals surface area contributed by atoms with E-state index in [0.717, 1.165) is 25.8 Å². The van der Waals surface area contributed by atoms with Crippen LogP contribution in [0.1, 0.15) is 95.1 Å². The molecule has 0 aliphatic carbocycles. The Morgan fingerprint density at radius 1 is 0.741 bits per heavy atom. The van der Waals surface area contributed by atoms with Crippen molar-refractivity contribution in [3.05, 3.63) is 53.6 Å². The second-order valence-electron chi connectivity index (χ2n) is 7.86. The van der Waals surface area contributed by atoms with Crippen LogP contribution in [-0.4, -0.2) is 9.55 Å². The zero-order chi connectivity index (χ0) is 19.2. The minimum absolute atomic E-state index is 1.04. The molecule has 2 aromatic rings. The maximum atomic E-state index is 4.88. The largest absolute Gasteiger partial charge is 0.335 e. The zero-order valence-corrected chi connectivity index (χ0v) is 17.8.